The van der Waals surface area contributed by atoms with Crippen molar-refractivity contribution in [3.05, 3.63) is 33.5 Å². The number of nitrogens with zero attached hydrogens (tertiary/aromatic N) is 1. The molecule has 2 atom stereocenters. The molecule has 3 rings (SSSR count). The van der Waals surface area contributed by atoms with Crippen LogP contribution in [-0.4, -0.2) is 11.1 Å². The topological polar surface area (TPSA) is 17.0 Å². The minimum Gasteiger partial charge on any atom is -0.338 e. The Labute approximate surface area is 122 Å². The number of rotatable bonds is 0. The molecule has 1 aliphatic rings. The summed E-state index contributed by atoms with van der Waals surface area (Å²) in [6.07, 6.45) is 0. The highest BCUT2D eigenvalue weighted by molar-refractivity contribution is 5.93. The largest absolute Gasteiger partial charge is 0.338 e. The fourth-order valence-electron chi connectivity index (χ4n) is 4.01. The van der Waals surface area contributed by atoms with Crippen molar-refractivity contribution in [3.8, 4) is 0 Å². The minimum absolute atomic E-state index is 0.443. The quantitative estimate of drug-likeness (QED) is 0.750. The highest BCUT2D eigenvalue weighted by Crippen LogP contribution is 2.40. The van der Waals surface area contributed by atoms with Crippen LogP contribution in [-0.2, 0) is 0 Å². The molecule has 0 saturated heterocycles. The van der Waals surface area contributed by atoms with Crippen molar-refractivity contribution in [2.45, 2.75) is 60.5 Å². The molecule has 0 radical (unpaired) electrons. The molecule has 2 aromatic rings. The zero-order valence-corrected chi connectivity index (χ0v) is 13.8. The molecule has 0 spiro atoms. The maximum Gasteiger partial charge on any atom is 0.0524 e. The van der Waals surface area contributed by atoms with Crippen LogP contribution >= 0.6 is 0 Å². The fraction of sp³-hybridized carbons (Fsp3) is 0.556. The smallest absolute Gasteiger partial charge is 0.0524 e. The monoisotopic (exact) mass is 270 g/mol. The Kier molecular flexibility index (Phi) is 2.98. The van der Waals surface area contributed by atoms with Gasteiger partial charge in [0.2, 0.25) is 0 Å². The van der Waals surface area contributed by atoms with Gasteiger partial charge in [0, 0.05) is 29.7 Å². The van der Waals surface area contributed by atoms with E-state index in [2.05, 4.69) is 58.4 Å². The molecule has 2 heterocycles. The van der Waals surface area contributed by atoms with Crippen LogP contribution in [0.1, 0.15) is 59.4 Å². The molecule has 1 aromatic carbocycles. The molecule has 0 saturated carbocycles. The zero-order valence-electron chi connectivity index (χ0n) is 13.8. The fourth-order valence-corrected chi connectivity index (χ4v) is 4.01. The van der Waals surface area contributed by atoms with E-state index in [4.69, 9.17) is 0 Å². The Hall–Kier alpha value is -1.28. The Balaban J connectivity index is 2.56. The summed E-state index contributed by atoms with van der Waals surface area (Å²) in [5.41, 5.74) is 10.2. The van der Waals surface area contributed by atoms with Crippen molar-refractivity contribution in [1.29, 1.82) is 0 Å². The number of fused-ring (bicyclic) bond motifs is 3. The van der Waals surface area contributed by atoms with E-state index in [0.29, 0.717) is 12.1 Å². The number of aromatic nitrogens is 1. The van der Waals surface area contributed by atoms with Crippen LogP contribution in [0.5, 0.6) is 0 Å². The van der Waals surface area contributed by atoms with E-state index < -0.39 is 0 Å². The standard InChI is InChI=1S/C18H26N2/c1-9-8-19-15(7)17-14(6)16-12(4)10(2)11(3)13(5)18(16)20(9)17/h9,15,19H,8H2,1-7H3/t9?,15-/m0/s1. The highest BCUT2D eigenvalue weighted by Gasteiger charge is 2.28. The van der Waals surface area contributed by atoms with Crippen LogP contribution in [0.3, 0.4) is 0 Å². The minimum atomic E-state index is 0.443. The maximum absolute atomic E-state index is 3.64. The first kappa shape index (κ1) is 13.7. The lowest BCUT2D eigenvalue weighted by Gasteiger charge is -2.30. The predicted molar refractivity (Wildman–Crippen MR) is 86.8 cm³/mol. The van der Waals surface area contributed by atoms with Crippen LogP contribution in [0.15, 0.2) is 0 Å². The summed E-state index contributed by atoms with van der Waals surface area (Å²) < 4.78 is 2.60. The Morgan fingerprint density at radius 3 is 2.10 bits per heavy atom. The molecular weight excluding hydrogens is 244 g/mol. The molecule has 20 heavy (non-hydrogen) atoms. The van der Waals surface area contributed by atoms with Gasteiger partial charge in [-0.3, -0.25) is 0 Å². The van der Waals surface area contributed by atoms with Crippen molar-refractivity contribution >= 4 is 10.9 Å². The van der Waals surface area contributed by atoms with E-state index in [1.807, 2.05) is 0 Å². The van der Waals surface area contributed by atoms with E-state index in [1.165, 1.54) is 44.4 Å². The Morgan fingerprint density at radius 2 is 1.45 bits per heavy atom. The second-order valence-corrected chi connectivity index (χ2v) is 6.58. The van der Waals surface area contributed by atoms with Gasteiger partial charge in [0.15, 0.2) is 0 Å². The van der Waals surface area contributed by atoms with E-state index in [9.17, 15) is 0 Å². The first-order chi connectivity index (χ1) is 9.36. The van der Waals surface area contributed by atoms with Crippen LogP contribution in [0, 0.1) is 34.6 Å². The average molecular weight is 270 g/mol. The molecule has 0 aliphatic carbocycles. The van der Waals surface area contributed by atoms with E-state index >= 15 is 0 Å². The van der Waals surface area contributed by atoms with Crippen LogP contribution in [0.2, 0.25) is 0 Å². The summed E-state index contributed by atoms with van der Waals surface area (Å²) in [6, 6.07) is 0.968. The lowest BCUT2D eigenvalue weighted by molar-refractivity contribution is 0.389. The van der Waals surface area contributed by atoms with E-state index in [0.717, 1.165) is 6.54 Å². The van der Waals surface area contributed by atoms with Gasteiger partial charge in [-0.2, -0.15) is 0 Å². The molecule has 1 unspecified atom stereocenters. The highest BCUT2D eigenvalue weighted by atomic mass is 15.1. The summed E-state index contributed by atoms with van der Waals surface area (Å²) in [7, 11) is 0. The van der Waals surface area contributed by atoms with E-state index in [1.54, 1.807) is 0 Å². The summed E-state index contributed by atoms with van der Waals surface area (Å²) in [5.74, 6) is 0. The van der Waals surface area contributed by atoms with Crippen molar-refractivity contribution in [3.63, 3.8) is 0 Å². The lowest BCUT2D eigenvalue weighted by atomic mass is 9.93. The number of nitrogens with one attached hydrogen (secondary N) is 1. The van der Waals surface area contributed by atoms with Crippen molar-refractivity contribution in [2.24, 2.45) is 0 Å². The molecule has 1 aromatic heterocycles. The third-order valence-electron chi connectivity index (χ3n) is 5.48. The Bertz CT molecular complexity index is 707. The van der Waals surface area contributed by atoms with Gasteiger partial charge < -0.3 is 9.88 Å². The van der Waals surface area contributed by atoms with Gasteiger partial charge in [-0.05, 0) is 76.3 Å². The van der Waals surface area contributed by atoms with Gasteiger partial charge in [-0.15, -0.1) is 0 Å². The van der Waals surface area contributed by atoms with Crippen molar-refractivity contribution < 1.29 is 0 Å². The predicted octanol–water partition coefficient (Wildman–Crippen LogP) is 4.41. The SMILES string of the molecule is Cc1c(C)c(C)c2c(c1C)c(C)c1n2C(C)CN[C@H]1C. The van der Waals surface area contributed by atoms with Gasteiger partial charge in [0.25, 0.3) is 0 Å². The van der Waals surface area contributed by atoms with Gasteiger partial charge in [-0.25, -0.2) is 0 Å². The molecule has 108 valence electrons. The Morgan fingerprint density at radius 1 is 0.850 bits per heavy atom. The molecule has 1 aliphatic heterocycles. The molecule has 0 bridgehead atoms. The molecular formula is C18H26N2. The molecule has 2 nitrogen and oxygen atoms in total. The molecule has 2 heteroatoms. The summed E-state index contributed by atoms with van der Waals surface area (Å²) in [6.45, 7) is 17.1. The van der Waals surface area contributed by atoms with Gasteiger partial charge in [0.05, 0.1) is 5.52 Å². The van der Waals surface area contributed by atoms with Gasteiger partial charge in [0.1, 0.15) is 0 Å². The first-order valence-corrected chi connectivity index (χ1v) is 7.70. The van der Waals surface area contributed by atoms with Crippen molar-refractivity contribution in [1.82, 2.24) is 9.88 Å². The summed E-state index contributed by atoms with van der Waals surface area (Å²) in [5, 5.41) is 5.13. The average Bonchev–Trinajstić information content (AvgIpc) is 2.73. The molecule has 0 amide bonds. The number of hydrogen-bond acceptors (Lipinski definition) is 1. The van der Waals surface area contributed by atoms with Crippen LogP contribution < -0.4 is 5.32 Å². The second-order valence-electron chi connectivity index (χ2n) is 6.58. The van der Waals surface area contributed by atoms with Gasteiger partial charge in [-0.1, -0.05) is 0 Å². The first-order valence-electron chi connectivity index (χ1n) is 7.70. The third-order valence-corrected chi connectivity index (χ3v) is 5.48. The van der Waals surface area contributed by atoms with Crippen LogP contribution in [0.25, 0.3) is 10.9 Å². The normalized spacial score (nSPS) is 22.4. The third kappa shape index (κ3) is 1.54. The molecule has 1 N–H and O–H groups in total. The lowest BCUT2D eigenvalue weighted by Crippen LogP contribution is -2.34. The van der Waals surface area contributed by atoms with Gasteiger partial charge >= 0.3 is 0 Å². The maximum atomic E-state index is 3.64. The number of benzene rings is 1. The van der Waals surface area contributed by atoms with Crippen LogP contribution in [0.4, 0.5) is 0 Å². The van der Waals surface area contributed by atoms with Crippen molar-refractivity contribution in [2.75, 3.05) is 6.54 Å². The molecule has 0 fully saturated rings. The number of aryl methyl sites for hydroxylation is 3. The zero-order chi connectivity index (χ0) is 14.8. The second kappa shape index (κ2) is 4.36. The summed E-state index contributed by atoms with van der Waals surface area (Å²) in [4.78, 5) is 0. The van der Waals surface area contributed by atoms with E-state index in [-0.39, 0.29) is 0 Å². The summed E-state index contributed by atoms with van der Waals surface area (Å²) >= 11 is 0. The number of hydrogen-bond donors (Lipinski definition) is 1.